The maximum atomic E-state index is 12.8. The van der Waals surface area contributed by atoms with E-state index in [2.05, 4.69) is 10.6 Å². The van der Waals surface area contributed by atoms with Gasteiger partial charge in [-0.05, 0) is 36.4 Å². The zero-order valence-corrected chi connectivity index (χ0v) is 14.2. The summed E-state index contributed by atoms with van der Waals surface area (Å²) in [5.41, 5.74) is 0.796. The summed E-state index contributed by atoms with van der Waals surface area (Å²) >= 11 is 1.50. The maximum Gasteiger partial charge on any atom is 0.269 e. The molecule has 6 nitrogen and oxygen atoms in total. The number of anilines is 1. The second kappa shape index (κ2) is 9.63. The summed E-state index contributed by atoms with van der Waals surface area (Å²) in [6, 6.07) is 12.3. The van der Waals surface area contributed by atoms with E-state index in [1.54, 1.807) is 24.3 Å². The maximum absolute atomic E-state index is 12.8. The molecule has 0 heterocycles. The number of benzene rings is 2. The van der Waals surface area contributed by atoms with E-state index in [1.165, 1.54) is 36.0 Å². The van der Waals surface area contributed by atoms with Crippen LogP contribution in [0.25, 0.3) is 0 Å². The molecule has 0 atom stereocenters. The van der Waals surface area contributed by atoms with Gasteiger partial charge in [0.2, 0.25) is 5.91 Å². The number of nitrogens with zero attached hydrogens (tertiary/aromatic N) is 1. The number of thioether (sulfide) groups is 1. The Hall–Kier alpha value is -2.61. The van der Waals surface area contributed by atoms with Crippen molar-refractivity contribution in [1.29, 1.82) is 0 Å². The fourth-order valence-corrected chi connectivity index (χ4v) is 2.84. The summed E-state index contributed by atoms with van der Waals surface area (Å²) in [4.78, 5) is 22.8. The monoisotopic (exact) mass is 363 g/mol. The number of nitrogens with one attached hydrogen (secondary N) is 2. The van der Waals surface area contributed by atoms with Crippen molar-refractivity contribution in [2.75, 3.05) is 24.2 Å². The highest BCUT2D eigenvalue weighted by molar-refractivity contribution is 7.99. The molecular formula is C17H18FN3O3S. The largest absolute Gasteiger partial charge is 0.383 e. The molecule has 0 aromatic heterocycles. The summed E-state index contributed by atoms with van der Waals surface area (Å²) in [5.74, 6) is 0.287. The summed E-state index contributed by atoms with van der Waals surface area (Å²) in [5, 5.41) is 16.4. The molecule has 2 aromatic carbocycles. The zero-order valence-electron chi connectivity index (χ0n) is 13.4. The lowest BCUT2D eigenvalue weighted by atomic mass is 10.3. The zero-order chi connectivity index (χ0) is 18.1. The van der Waals surface area contributed by atoms with Crippen molar-refractivity contribution in [3.05, 3.63) is 64.5 Å². The van der Waals surface area contributed by atoms with Crippen LogP contribution in [-0.4, -0.2) is 29.7 Å². The summed E-state index contributed by atoms with van der Waals surface area (Å²) in [7, 11) is 0. The summed E-state index contributed by atoms with van der Waals surface area (Å²) in [6.07, 6.45) is 0.375. The normalized spacial score (nSPS) is 10.3. The average molecular weight is 363 g/mol. The highest BCUT2D eigenvalue weighted by Crippen LogP contribution is 2.18. The third kappa shape index (κ3) is 6.80. The van der Waals surface area contributed by atoms with Gasteiger partial charge in [-0.2, -0.15) is 0 Å². The van der Waals surface area contributed by atoms with Gasteiger partial charge >= 0.3 is 0 Å². The van der Waals surface area contributed by atoms with Gasteiger partial charge in [0, 0.05) is 48.0 Å². The molecule has 1 amide bonds. The number of rotatable bonds is 9. The van der Waals surface area contributed by atoms with E-state index in [0.717, 1.165) is 10.6 Å². The third-order valence-electron chi connectivity index (χ3n) is 3.27. The van der Waals surface area contributed by atoms with Gasteiger partial charge in [0.1, 0.15) is 5.82 Å². The first kappa shape index (κ1) is 18.7. The molecule has 0 aliphatic rings. The fourth-order valence-electron chi connectivity index (χ4n) is 1.99. The molecule has 0 radical (unpaired) electrons. The smallest absolute Gasteiger partial charge is 0.269 e. The number of carbonyl (C=O) groups is 1. The minimum Gasteiger partial charge on any atom is -0.383 e. The van der Waals surface area contributed by atoms with Crippen LogP contribution in [0.15, 0.2) is 53.4 Å². The second-order valence-electron chi connectivity index (χ2n) is 5.13. The van der Waals surface area contributed by atoms with Crippen molar-refractivity contribution in [1.82, 2.24) is 5.32 Å². The van der Waals surface area contributed by atoms with Gasteiger partial charge in [-0.1, -0.05) is 0 Å². The summed E-state index contributed by atoms with van der Waals surface area (Å²) in [6.45, 7) is 0.978. The van der Waals surface area contributed by atoms with Crippen molar-refractivity contribution in [3.63, 3.8) is 0 Å². The molecule has 2 N–H and O–H groups in total. The molecule has 0 spiro atoms. The number of carbonyl (C=O) groups excluding carboxylic acids is 1. The van der Waals surface area contributed by atoms with Crippen molar-refractivity contribution in [2.24, 2.45) is 0 Å². The lowest BCUT2D eigenvalue weighted by Gasteiger charge is -2.08. The Morgan fingerprint density at radius 1 is 1.08 bits per heavy atom. The van der Waals surface area contributed by atoms with Crippen LogP contribution in [0.3, 0.4) is 0 Å². The van der Waals surface area contributed by atoms with E-state index < -0.39 is 4.92 Å². The van der Waals surface area contributed by atoms with E-state index in [1.807, 2.05) is 0 Å². The molecular weight excluding hydrogens is 345 g/mol. The van der Waals surface area contributed by atoms with Crippen LogP contribution >= 0.6 is 11.8 Å². The minimum absolute atomic E-state index is 0.0394. The van der Waals surface area contributed by atoms with E-state index in [9.17, 15) is 19.3 Å². The third-order valence-corrected chi connectivity index (χ3v) is 4.28. The van der Waals surface area contributed by atoms with Crippen LogP contribution in [0, 0.1) is 15.9 Å². The Bertz CT molecular complexity index is 708. The van der Waals surface area contributed by atoms with Crippen LogP contribution < -0.4 is 10.6 Å². The molecule has 0 saturated carbocycles. The molecule has 0 fully saturated rings. The van der Waals surface area contributed by atoms with Crippen molar-refractivity contribution < 1.29 is 14.1 Å². The summed E-state index contributed by atoms with van der Waals surface area (Å²) < 4.78 is 12.8. The van der Waals surface area contributed by atoms with Gasteiger partial charge in [-0.15, -0.1) is 11.8 Å². The molecule has 25 heavy (non-hydrogen) atoms. The van der Waals surface area contributed by atoms with Gasteiger partial charge in [-0.25, -0.2) is 4.39 Å². The van der Waals surface area contributed by atoms with Gasteiger partial charge in [0.15, 0.2) is 0 Å². The molecule has 0 aliphatic heterocycles. The standard InChI is InChI=1S/C17H18FN3O3S/c18-13-1-7-16(8-2-13)25-12-9-17(22)20-11-10-19-14-3-5-15(6-4-14)21(23)24/h1-8,19H,9-12H2,(H,20,22). The quantitative estimate of drug-likeness (QED) is 0.309. The van der Waals surface area contributed by atoms with Crippen molar-refractivity contribution >= 4 is 29.0 Å². The molecule has 8 heteroatoms. The lowest BCUT2D eigenvalue weighted by molar-refractivity contribution is -0.384. The fraction of sp³-hybridized carbons (Fsp3) is 0.235. The molecule has 0 bridgehead atoms. The number of nitro benzene ring substituents is 1. The first-order valence-corrected chi connectivity index (χ1v) is 8.66. The van der Waals surface area contributed by atoms with Gasteiger partial charge in [0.05, 0.1) is 4.92 Å². The molecule has 0 unspecified atom stereocenters. The highest BCUT2D eigenvalue weighted by Gasteiger charge is 2.04. The Morgan fingerprint density at radius 2 is 1.76 bits per heavy atom. The molecule has 0 aliphatic carbocycles. The van der Waals surface area contributed by atoms with Crippen molar-refractivity contribution in [3.8, 4) is 0 Å². The van der Waals surface area contributed by atoms with Gasteiger partial charge in [-0.3, -0.25) is 14.9 Å². The SMILES string of the molecule is O=C(CCSc1ccc(F)cc1)NCCNc1ccc([N+](=O)[O-])cc1. The second-order valence-corrected chi connectivity index (χ2v) is 6.30. The first-order chi connectivity index (χ1) is 12.0. The molecule has 0 saturated heterocycles. The predicted octanol–water partition coefficient (Wildman–Crippen LogP) is 3.44. The molecule has 132 valence electrons. The predicted molar refractivity (Wildman–Crippen MR) is 96.3 cm³/mol. The Morgan fingerprint density at radius 3 is 2.40 bits per heavy atom. The number of halogens is 1. The number of hydrogen-bond donors (Lipinski definition) is 2. The lowest BCUT2D eigenvalue weighted by Crippen LogP contribution is -2.28. The Balaban J connectivity index is 1.58. The Labute approximate surface area is 149 Å². The molecule has 2 rings (SSSR count). The van der Waals surface area contributed by atoms with Crippen LogP contribution in [0.2, 0.25) is 0 Å². The van der Waals surface area contributed by atoms with E-state index in [0.29, 0.717) is 25.3 Å². The van der Waals surface area contributed by atoms with Gasteiger partial charge < -0.3 is 10.6 Å². The number of hydrogen-bond acceptors (Lipinski definition) is 5. The number of amides is 1. The molecule has 2 aromatic rings. The number of non-ortho nitro benzene ring substituents is 1. The van der Waals surface area contributed by atoms with Crippen molar-refractivity contribution in [2.45, 2.75) is 11.3 Å². The average Bonchev–Trinajstić information content (AvgIpc) is 2.61. The van der Waals surface area contributed by atoms with Crippen LogP contribution in [0.4, 0.5) is 15.8 Å². The minimum atomic E-state index is -0.450. The number of nitro groups is 1. The van der Waals surface area contributed by atoms with Crippen LogP contribution in [-0.2, 0) is 4.79 Å². The van der Waals surface area contributed by atoms with Crippen LogP contribution in [0.5, 0.6) is 0 Å². The first-order valence-electron chi connectivity index (χ1n) is 7.68. The highest BCUT2D eigenvalue weighted by atomic mass is 32.2. The van der Waals surface area contributed by atoms with Gasteiger partial charge in [0.25, 0.3) is 5.69 Å². The topological polar surface area (TPSA) is 84.3 Å². The van der Waals surface area contributed by atoms with E-state index in [-0.39, 0.29) is 17.4 Å². The van der Waals surface area contributed by atoms with E-state index >= 15 is 0 Å². The Kier molecular flexibility index (Phi) is 7.21. The van der Waals surface area contributed by atoms with Crippen LogP contribution in [0.1, 0.15) is 6.42 Å². The van der Waals surface area contributed by atoms with E-state index in [4.69, 9.17) is 0 Å².